The third kappa shape index (κ3) is 6.16. The fourth-order valence-corrected chi connectivity index (χ4v) is 3.80. The number of non-ortho nitro benzene ring substituents is 1. The van der Waals surface area contributed by atoms with Gasteiger partial charge in [-0.25, -0.2) is 0 Å². The Morgan fingerprint density at radius 2 is 1.85 bits per heavy atom. The molecule has 0 aliphatic carbocycles. The van der Waals surface area contributed by atoms with Crippen LogP contribution in [0, 0.1) is 16.0 Å². The third-order valence-corrected chi connectivity index (χ3v) is 5.83. The average Bonchev–Trinajstić information content (AvgIpc) is 3.16. The second kappa shape index (κ2) is 10.7. The van der Waals surface area contributed by atoms with E-state index in [1.807, 2.05) is 32.0 Å². The van der Waals surface area contributed by atoms with Crippen molar-refractivity contribution >= 4 is 35.0 Å². The highest BCUT2D eigenvalue weighted by Gasteiger charge is 2.26. The Balaban J connectivity index is 1.69. The Labute approximate surface area is 194 Å². The molecule has 0 aliphatic heterocycles. The Hall–Kier alpha value is -3.73. The summed E-state index contributed by atoms with van der Waals surface area (Å²) in [7, 11) is 1.77. The first-order valence-corrected chi connectivity index (χ1v) is 11.2. The number of nitro groups is 1. The number of benzene rings is 2. The number of rotatable bonds is 9. The van der Waals surface area contributed by atoms with Crippen molar-refractivity contribution in [1.29, 1.82) is 0 Å². The summed E-state index contributed by atoms with van der Waals surface area (Å²) < 4.78 is 1.73. The molecule has 3 rings (SSSR count). The van der Waals surface area contributed by atoms with Crippen LogP contribution in [0.15, 0.2) is 59.8 Å². The van der Waals surface area contributed by atoms with E-state index in [-0.39, 0.29) is 28.8 Å². The van der Waals surface area contributed by atoms with Crippen molar-refractivity contribution in [2.24, 2.45) is 13.0 Å². The van der Waals surface area contributed by atoms with Gasteiger partial charge in [0.25, 0.3) is 11.6 Å². The van der Waals surface area contributed by atoms with Gasteiger partial charge in [-0.05, 0) is 24.1 Å². The number of carbonyl (C=O) groups excluding carboxylic acids is 2. The van der Waals surface area contributed by atoms with Gasteiger partial charge >= 0.3 is 0 Å². The predicted molar refractivity (Wildman–Crippen MR) is 125 cm³/mol. The van der Waals surface area contributed by atoms with Crippen LogP contribution >= 0.6 is 11.8 Å². The van der Waals surface area contributed by atoms with E-state index in [1.54, 1.807) is 23.7 Å². The minimum atomic E-state index is -0.545. The Bertz CT molecular complexity index is 1150. The first kappa shape index (κ1) is 23.9. The molecule has 0 radical (unpaired) electrons. The lowest BCUT2D eigenvalue weighted by atomic mass is 10.0. The Morgan fingerprint density at radius 1 is 1.12 bits per heavy atom. The van der Waals surface area contributed by atoms with Gasteiger partial charge in [-0.1, -0.05) is 49.9 Å². The lowest BCUT2D eigenvalue weighted by Gasteiger charge is -2.21. The van der Waals surface area contributed by atoms with Gasteiger partial charge in [0.2, 0.25) is 5.91 Å². The zero-order valence-corrected chi connectivity index (χ0v) is 19.2. The number of nitro benzene ring substituents is 1. The lowest BCUT2D eigenvalue weighted by Crippen LogP contribution is -2.33. The molecule has 0 saturated heterocycles. The maximum absolute atomic E-state index is 12.8. The number of nitrogens with one attached hydrogen (secondary N) is 2. The van der Waals surface area contributed by atoms with Crippen molar-refractivity contribution in [1.82, 2.24) is 20.1 Å². The smallest absolute Gasteiger partial charge is 0.270 e. The molecule has 0 aliphatic rings. The van der Waals surface area contributed by atoms with E-state index in [9.17, 15) is 19.7 Å². The quantitative estimate of drug-likeness (QED) is 0.279. The first-order valence-electron chi connectivity index (χ1n) is 10.2. The molecule has 1 aromatic heterocycles. The highest BCUT2D eigenvalue weighted by Crippen LogP contribution is 2.25. The summed E-state index contributed by atoms with van der Waals surface area (Å²) in [6, 6.07) is 14.2. The SMILES string of the molecule is CC(C)[C@@H](NC(=O)c1cccc([N+](=O)[O-])c1)c1nnc(SCC(=O)Nc2ccccc2)n1C. The summed E-state index contributed by atoms with van der Waals surface area (Å²) in [5.41, 5.74) is 0.740. The molecular weight excluding hydrogens is 444 g/mol. The predicted octanol–water partition coefficient (Wildman–Crippen LogP) is 3.58. The van der Waals surface area contributed by atoms with E-state index < -0.39 is 16.9 Å². The van der Waals surface area contributed by atoms with Crippen LogP contribution in [0.1, 0.15) is 36.1 Å². The largest absolute Gasteiger partial charge is 0.342 e. The number of para-hydroxylation sites is 1. The van der Waals surface area contributed by atoms with Crippen LogP contribution in [-0.2, 0) is 11.8 Å². The molecule has 10 nitrogen and oxygen atoms in total. The van der Waals surface area contributed by atoms with Crippen LogP contribution in [0.25, 0.3) is 0 Å². The van der Waals surface area contributed by atoms with E-state index in [4.69, 9.17) is 0 Å². The number of carbonyl (C=O) groups is 2. The number of nitrogens with zero attached hydrogens (tertiary/aromatic N) is 4. The van der Waals surface area contributed by atoms with Gasteiger partial charge < -0.3 is 15.2 Å². The highest BCUT2D eigenvalue weighted by molar-refractivity contribution is 7.99. The molecule has 0 unspecified atom stereocenters. The second-order valence-electron chi connectivity index (χ2n) is 7.61. The summed E-state index contributed by atoms with van der Waals surface area (Å²) in [5, 5.41) is 25.6. The number of amides is 2. The molecule has 172 valence electrons. The van der Waals surface area contributed by atoms with Gasteiger partial charge in [-0.2, -0.15) is 0 Å². The van der Waals surface area contributed by atoms with Crippen LogP contribution in [0.2, 0.25) is 0 Å². The average molecular weight is 469 g/mol. The van der Waals surface area contributed by atoms with E-state index in [2.05, 4.69) is 20.8 Å². The number of anilines is 1. The highest BCUT2D eigenvalue weighted by atomic mass is 32.2. The number of hydrogen-bond donors (Lipinski definition) is 2. The van der Waals surface area contributed by atoms with E-state index in [0.717, 1.165) is 0 Å². The van der Waals surface area contributed by atoms with Crippen molar-refractivity contribution in [3.8, 4) is 0 Å². The molecule has 1 atom stereocenters. The molecule has 0 fully saturated rings. The second-order valence-corrected chi connectivity index (χ2v) is 8.55. The van der Waals surface area contributed by atoms with E-state index >= 15 is 0 Å². The van der Waals surface area contributed by atoms with Crippen LogP contribution < -0.4 is 10.6 Å². The van der Waals surface area contributed by atoms with Gasteiger partial charge in [0, 0.05) is 30.4 Å². The maximum atomic E-state index is 12.8. The van der Waals surface area contributed by atoms with E-state index in [0.29, 0.717) is 16.7 Å². The normalized spacial score (nSPS) is 11.8. The zero-order chi connectivity index (χ0) is 24.0. The monoisotopic (exact) mass is 468 g/mol. The third-order valence-electron chi connectivity index (χ3n) is 4.81. The maximum Gasteiger partial charge on any atom is 0.270 e. The summed E-state index contributed by atoms with van der Waals surface area (Å²) in [6.07, 6.45) is 0. The molecule has 0 saturated carbocycles. The summed E-state index contributed by atoms with van der Waals surface area (Å²) in [4.78, 5) is 35.5. The topological polar surface area (TPSA) is 132 Å². The minimum Gasteiger partial charge on any atom is -0.342 e. The van der Waals surface area contributed by atoms with Gasteiger partial charge in [0.1, 0.15) is 0 Å². The number of aromatic nitrogens is 3. The molecule has 0 bridgehead atoms. The minimum absolute atomic E-state index is 0.0326. The van der Waals surface area contributed by atoms with Crippen molar-refractivity contribution in [2.75, 3.05) is 11.1 Å². The van der Waals surface area contributed by atoms with Crippen LogP contribution in [0.5, 0.6) is 0 Å². The molecule has 1 heterocycles. The van der Waals surface area contributed by atoms with Gasteiger partial charge in [-0.15, -0.1) is 10.2 Å². The molecule has 3 aromatic rings. The molecule has 2 N–H and O–H groups in total. The molecule has 33 heavy (non-hydrogen) atoms. The number of hydrogen-bond acceptors (Lipinski definition) is 7. The van der Waals surface area contributed by atoms with E-state index in [1.165, 1.54) is 36.0 Å². The lowest BCUT2D eigenvalue weighted by molar-refractivity contribution is -0.384. The standard InChI is InChI=1S/C22H24N6O4S/c1-14(2)19(24-21(30)15-8-7-11-17(12-15)28(31)32)20-25-26-22(27(20)3)33-13-18(29)23-16-9-5-4-6-10-16/h4-12,14,19H,13H2,1-3H3,(H,23,29)(H,24,30)/t19-/m1/s1. The van der Waals surface area contributed by atoms with Crippen molar-refractivity contribution in [2.45, 2.75) is 25.0 Å². The molecule has 2 aromatic carbocycles. The Kier molecular flexibility index (Phi) is 7.78. The van der Waals surface area contributed by atoms with Gasteiger partial charge in [0.05, 0.1) is 16.7 Å². The molecule has 2 amide bonds. The summed E-state index contributed by atoms with van der Waals surface area (Å²) >= 11 is 1.23. The molecule has 11 heteroatoms. The van der Waals surface area contributed by atoms with Crippen molar-refractivity contribution in [3.63, 3.8) is 0 Å². The zero-order valence-electron chi connectivity index (χ0n) is 18.4. The van der Waals surface area contributed by atoms with Gasteiger partial charge in [0.15, 0.2) is 11.0 Å². The van der Waals surface area contributed by atoms with Crippen LogP contribution in [-0.4, -0.2) is 37.3 Å². The van der Waals surface area contributed by atoms with Gasteiger partial charge in [-0.3, -0.25) is 19.7 Å². The summed E-state index contributed by atoms with van der Waals surface area (Å²) in [6.45, 7) is 3.85. The molecule has 0 spiro atoms. The van der Waals surface area contributed by atoms with Crippen LogP contribution in [0.4, 0.5) is 11.4 Å². The molecular formula is C22H24N6O4S. The fraction of sp³-hybridized carbons (Fsp3) is 0.273. The van der Waals surface area contributed by atoms with Crippen molar-refractivity contribution in [3.05, 3.63) is 76.1 Å². The summed E-state index contributed by atoms with van der Waals surface area (Å²) in [5.74, 6) is 0.0178. The van der Waals surface area contributed by atoms with Crippen LogP contribution in [0.3, 0.4) is 0 Å². The fourth-order valence-electron chi connectivity index (χ4n) is 3.09. The first-order chi connectivity index (χ1) is 15.8. The Morgan fingerprint density at radius 3 is 2.52 bits per heavy atom. The number of thioether (sulfide) groups is 1. The van der Waals surface area contributed by atoms with Crippen molar-refractivity contribution < 1.29 is 14.5 Å².